The number of anilines is 1. The zero-order valence-electron chi connectivity index (χ0n) is 21.5. The van der Waals surface area contributed by atoms with Gasteiger partial charge in [-0.2, -0.15) is 0 Å². The monoisotopic (exact) mass is 496 g/mol. The Morgan fingerprint density at radius 1 is 1.22 bits per heavy atom. The van der Waals surface area contributed by atoms with Gasteiger partial charge in [0.1, 0.15) is 17.3 Å². The predicted octanol–water partition coefficient (Wildman–Crippen LogP) is 2.19. The minimum absolute atomic E-state index is 0.182. The summed E-state index contributed by atoms with van der Waals surface area (Å²) in [5.74, 6) is -1.13. The van der Waals surface area contributed by atoms with E-state index in [1.54, 1.807) is 10.9 Å². The number of imide groups is 1. The van der Waals surface area contributed by atoms with Gasteiger partial charge in [-0.3, -0.25) is 19.7 Å². The Hall–Kier alpha value is -3.27. The Bertz CT molecular complexity index is 1110. The number of nitrogens with one attached hydrogen (secondary N) is 2. The Labute approximate surface area is 211 Å². The van der Waals surface area contributed by atoms with Crippen LogP contribution in [-0.2, 0) is 14.4 Å². The number of aromatic nitrogens is 3. The normalized spacial score (nSPS) is 22.3. The van der Waals surface area contributed by atoms with Crippen molar-refractivity contribution in [1.29, 1.82) is 0 Å². The first-order valence-corrected chi connectivity index (χ1v) is 12.6. The van der Waals surface area contributed by atoms with E-state index in [1.165, 1.54) is 0 Å². The molecule has 3 N–H and O–H groups in total. The molecule has 2 aliphatic rings. The van der Waals surface area contributed by atoms with Crippen LogP contribution in [0.25, 0.3) is 11.3 Å². The molecular weight excluding hydrogens is 460 g/mol. The zero-order valence-corrected chi connectivity index (χ0v) is 21.5. The van der Waals surface area contributed by atoms with Crippen molar-refractivity contribution in [1.82, 2.24) is 25.6 Å². The molecule has 10 heteroatoms. The molecular formula is C26H36N6O4. The molecule has 3 heterocycles. The molecule has 2 atom stereocenters. The van der Waals surface area contributed by atoms with Crippen molar-refractivity contribution < 1.29 is 19.5 Å². The number of nitrogens with zero attached hydrogens (tertiary/aromatic N) is 4. The highest BCUT2D eigenvalue weighted by molar-refractivity contribution is 6.04. The summed E-state index contributed by atoms with van der Waals surface area (Å²) >= 11 is 0. The van der Waals surface area contributed by atoms with E-state index >= 15 is 0 Å². The molecule has 10 nitrogen and oxygen atoms in total. The first-order valence-electron chi connectivity index (χ1n) is 12.6. The molecule has 194 valence electrons. The van der Waals surface area contributed by atoms with Crippen LogP contribution in [0.15, 0.2) is 30.5 Å². The van der Waals surface area contributed by atoms with Crippen molar-refractivity contribution in [3.8, 4) is 11.3 Å². The number of piperidine rings is 2. The van der Waals surface area contributed by atoms with Crippen molar-refractivity contribution in [3.05, 3.63) is 30.5 Å². The van der Waals surface area contributed by atoms with Crippen LogP contribution in [0.4, 0.5) is 5.69 Å². The molecule has 1 aromatic carbocycles. The number of hydrogen-bond donors (Lipinski definition) is 3. The Morgan fingerprint density at radius 2 is 1.89 bits per heavy atom. The summed E-state index contributed by atoms with van der Waals surface area (Å²) in [6.45, 7) is 9.28. The molecule has 0 bridgehead atoms. The number of aliphatic hydroxyl groups is 1. The third-order valence-corrected chi connectivity index (χ3v) is 7.27. The number of hydrogen-bond acceptors (Lipinski definition) is 7. The van der Waals surface area contributed by atoms with Gasteiger partial charge in [0.25, 0.3) is 5.91 Å². The summed E-state index contributed by atoms with van der Waals surface area (Å²) in [5, 5.41) is 23.7. The molecule has 2 fully saturated rings. The largest absolute Gasteiger partial charge is 0.393 e. The molecule has 0 spiro atoms. The summed E-state index contributed by atoms with van der Waals surface area (Å²) in [4.78, 5) is 40.1. The van der Waals surface area contributed by atoms with Gasteiger partial charge >= 0.3 is 0 Å². The molecule has 1 aromatic heterocycles. The lowest BCUT2D eigenvalue weighted by Gasteiger charge is -2.38. The molecule has 36 heavy (non-hydrogen) atoms. The second-order valence-corrected chi connectivity index (χ2v) is 10.9. The molecule has 3 amide bonds. The number of rotatable bonds is 6. The van der Waals surface area contributed by atoms with Gasteiger partial charge in [0.05, 0.1) is 12.3 Å². The number of carbonyl (C=O) groups is 3. The van der Waals surface area contributed by atoms with Crippen LogP contribution in [0, 0.1) is 5.41 Å². The average molecular weight is 497 g/mol. The molecule has 2 aromatic rings. The SMILES string of the molecule is CCC1(NC(=O)C(n2cc(-c3ccc(N4CCC(O)CC4)cc3)nn2)C(C)(C)C)CCC(=O)NC1=O. The van der Waals surface area contributed by atoms with E-state index < -0.39 is 22.9 Å². The molecule has 0 saturated carbocycles. The second kappa shape index (κ2) is 10.0. The fourth-order valence-electron chi connectivity index (χ4n) is 5.01. The van der Waals surface area contributed by atoms with Gasteiger partial charge in [-0.15, -0.1) is 5.10 Å². The van der Waals surface area contributed by atoms with Crippen LogP contribution >= 0.6 is 0 Å². The van der Waals surface area contributed by atoms with Gasteiger partial charge in [0, 0.05) is 30.8 Å². The van der Waals surface area contributed by atoms with Gasteiger partial charge in [-0.1, -0.05) is 45.0 Å². The molecule has 2 aliphatic heterocycles. The second-order valence-electron chi connectivity index (χ2n) is 10.9. The summed E-state index contributed by atoms with van der Waals surface area (Å²) in [7, 11) is 0. The molecule has 4 rings (SSSR count). The number of aliphatic hydroxyl groups excluding tert-OH is 1. The van der Waals surface area contributed by atoms with Gasteiger partial charge in [0.15, 0.2) is 0 Å². The van der Waals surface area contributed by atoms with Crippen LogP contribution in [0.1, 0.15) is 65.8 Å². The van der Waals surface area contributed by atoms with E-state index in [2.05, 4.69) is 25.8 Å². The van der Waals surface area contributed by atoms with E-state index in [0.29, 0.717) is 12.1 Å². The molecule has 0 aliphatic carbocycles. The van der Waals surface area contributed by atoms with Crippen molar-refractivity contribution in [3.63, 3.8) is 0 Å². The quantitative estimate of drug-likeness (QED) is 0.523. The fourth-order valence-corrected chi connectivity index (χ4v) is 5.01. The first kappa shape index (κ1) is 25.8. The topological polar surface area (TPSA) is 129 Å². The predicted molar refractivity (Wildman–Crippen MR) is 135 cm³/mol. The Balaban J connectivity index is 1.53. The van der Waals surface area contributed by atoms with Crippen molar-refractivity contribution in [2.24, 2.45) is 5.41 Å². The van der Waals surface area contributed by atoms with E-state index in [-0.39, 0.29) is 30.8 Å². The minimum atomic E-state index is -1.13. The first-order chi connectivity index (χ1) is 17.0. The van der Waals surface area contributed by atoms with Gasteiger partial charge in [-0.25, -0.2) is 4.68 Å². The third kappa shape index (κ3) is 5.28. The van der Waals surface area contributed by atoms with Crippen molar-refractivity contribution >= 4 is 23.4 Å². The van der Waals surface area contributed by atoms with Crippen LogP contribution < -0.4 is 15.5 Å². The lowest BCUT2D eigenvalue weighted by Crippen LogP contribution is -2.64. The Kier molecular flexibility index (Phi) is 7.17. The van der Waals surface area contributed by atoms with Crippen LogP contribution in [0.3, 0.4) is 0 Å². The smallest absolute Gasteiger partial charge is 0.252 e. The summed E-state index contributed by atoms with van der Waals surface area (Å²) in [6.07, 6.45) is 3.90. The maximum atomic E-state index is 13.6. The van der Waals surface area contributed by atoms with Crippen molar-refractivity contribution in [2.75, 3.05) is 18.0 Å². The third-order valence-electron chi connectivity index (χ3n) is 7.27. The van der Waals surface area contributed by atoms with E-state index in [4.69, 9.17) is 0 Å². The number of carbonyl (C=O) groups excluding carboxylic acids is 3. The average Bonchev–Trinajstić information content (AvgIpc) is 3.30. The van der Waals surface area contributed by atoms with E-state index in [0.717, 1.165) is 37.2 Å². The summed E-state index contributed by atoms with van der Waals surface area (Å²) in [5.41, 5.74) is 0.972. The highest BCUT2D eigenvalue weighted by atomic mass is 16.3. The molecule has 0 radical (unpaired) electrons. The minimum Gasteiger partial charge on any atom is -0.393 e. The maximum absolute atomic E-state index is 13.6. The lowest BCUT2D eigenvalue weighted by atomic mass is 9.82. The van der Waals surface area contributed by atoms with Crippen LogP contribution in [0.5, 0.6) is 0 Å². The highest BCUT2D eigenvalue weighted by Gasteiger charge is 2.45. The molecule has 2 unspecified atom stereocenters. The standard InChI is InChI=1S/C26H36N6O4/c1-5-26(13-10-21(34)27-24(26)36)28-23(35)22(25(2,3)4)32-16-20(29-30-32)17-6-8-18(9-7-17)31-14-11-19(33)12-15-31/h6-9,16,19,22,33H,5,10-15H2,1-4H3,(H,28,35)(H,27,34,36). The number of benzene rings is 1. The lowest BCUT2D eigenvalue weighted by molar-refractivity contribution is -0.144. The van der Waals surface area contributed by atoms with Crippen LogP contribution in [-0.4, -0.2) is 62.6 Å². The molecule has 2 saturated heterocycles. The van der Waals surface area contributed by atoms with Crippen molar-refractivity contribution in [2.45, 2.75) is 77.5 Å². The Morgan fingerprint density at radius 3 is 2.47 bits per heavy atom. The summed E-state index contributed by atoms with van der Waals surface area (Å²) < 4.78 is 1.56. The fraction of sp³-hybridized carbons (Fsp3) is 0.577. The van der Waals surface area contributed by atoms with E-state index in [1.807, 2.05) is 52.0 Å². The summed E-state index contributed by atoms with van der Waals surface area (Å²) in [6, 6.07) is 7.32. The van der Waals surface area contributed by atoms with Gasteiger partial charge in [-0.05, 0) is 43.2 Å². The number of amides is 3. The van der Waals surface area contributed by atoms with Gasteiger partial charge < -0.3 is 15.3 Å². The van der Waals surface area contributed by atoms with Gasteiger partial charge in [0.2, 0.25) is 11.8 Å². The highest BCUT2D eigenvalue weighted by Crippen LogP contribution is 2.33. The van der Waals surface area contributed by atoms with E-state index in [9.17, 15) is 19.5 Å². The maximum Gasteiger partial charge on any atom is 0.252 e. The zero-order chi connectivity index (χ0) is 26.1. The van der Waals surface area contributed by atoms with Crippen LogP contribution in [0.2, 0.25) is 0 Å².